The Balaban J connectivity index is 2.04. The predicted molar refractivity (Wildman–Crippen MR) is 107 cm³/mol. The van der Waals surface area contributed by atoms with E-state index in [4.69, 9.17) is 17.0 Å². The second-order valence-electron chi connectivity index (χ2n) is 5.32. The first-order chi connectivity index (χ1) is 12.0. The first-order valence-electron chi connectivity index (χ1n) is 7.44. The Morgan fingerprint density at radius 3 is 2.56 bits per heavy atom. The maximum Gasteiger partial charge on any atom is 0.108 e. The van der Waals surface area contributed by atoms with Gasteiger partial charge in [0.25, 0.3) is 0 Å². The maximum absolute atomic E-state index is 10.9. The van der Waals surface area contributed by atoms with E-state index in [1.807, 2.05) is 30.3 Å². The van der Waals surface area contributed by atoms with Crippen molar-refractivity contribution in [3.8, 4) is 0 Å². The van der Waals surface area contributed by atoms with Crippen LogP contribution in [0.25, 0.3) is 6.08 Å². The maximum atomic E-state index is 10.9. The van der Waals surface area contributed by atoms with Gasteiger partial charge < -0.3 is 5.11 Å². The highest BCUT2D eigenvalue weighted by molar-refractivity contribution is 9.11. The van der Waals surface area contributed by atoms with Gasteiger partial charge in [0.05, 0.1) is 14.4 Å². The molecule has 1 atom stereocenters. The summed E-state index contributed by atoms with van der Waals surface area (Å²) in [6.07, 6.45) is 4.13. The van der Waals surface area contributed by atoms with E-state index in [0.29, 0.717) is 16.2 Å². The summed E-state index contributed by atoms with van der Waals surface area (Å²) in [4.78, 5) is 4.84. The number of hydrogen-bond donors (Lipinski definition) is 2. The van der Waals surface area contributed by atoms with Crippen LogP contribution < -0.4 is 0 Å². The average Bonchev–Trinajstić information content (AvgIpc) is 3.07. The molecule has 1 aromatic carbocycles. The van der Waals surface area contributed by atoms with Crippen LogP contribution in [0.4, 0.5) is 0 Å². The van der Waals surface area contributed by atoms with Crippen molar-refractivity contribution in [3.05, 3.63) is 91.3 Å². The molecule has 1 unspecified atom stereocenters. The molecule has 2 aromatic heterocycles. The van der Waals surface area contributed by atoms with Crippen LogP contribution in [-0.4, -0.2) is 15.8 Å². The van der Waals surface area contributed by atoms with Gasteiger partial charge in [-0.2, -0.15) is 0 Å². The minimum absolute atomic E-state index is 0.280. The third kappa shape index (κ3) is 4.44. The first kappa shape index (κ1) is 18.0. The second-order valence-corrected chi connectivity index (χ2v) is 8.22. The van der Waals surface area contributed by atoms with Gasteiger partial charge in [-0.15, -0.1) is 11.3 Å². The zero-order valence-corrected chi connectivity index (χ0v) is 16.1. The lowest BCUT2D eigenvalue weighted by atomic mass is 9.95. The Morgan fingerprint density at radius 1 is 1.20 bits per heavy atom. The summed E-state index contributed by atoms with van der Waals surface area (Å²) < 4.78 is 0.939. The first-order valence-corrected chi connectivity index (χ1v) is 9.43. The monoisotopic (exact) mass is 432 g/mol. The molecule has 0 aliphatic heterocycles. The molecule has 0 spiro atoms. The molecule has 0 saturated carbocycles. The lowest BCUT2D eigenvalue weighted by Gasteiger charge is -2.16. The molecule has 2 N–H and O–H groups in total. The summed E-state index contributed by atoms with van der Waals surface area (Å²) in [5, 5.41) is 20.1. The van der Waals surface area contributed by atoms with E-state index in [1.54, 1.807) is 36.7 Å². The number of halogens is 2. The molecule has 6 heteroatoms. The van der Waals surface area contributed by atoms with Crippen molar-refractivity contribution in [1.82, 2.24) is 4.98 Å². The quantitative estimate of drug-likeness (QED) is 0.504. The smallest absolute Gasteiger partial charge is 0.108 e. The molecular formula is C19H14BrClN2OS. The van der Waals surface area contributed by atoms with Crippen LogP contribution in [0.15, 0.2) is 70.3 Å². The number of rotatable bonds is 5. The summed E-state index contributed by atoms with van der Waals surface area (Å²) >= 11 is 10.8. The van der Waals surface area contributed by atoms with Gasteiger partial charge in [0.1, 0.15) is 6.10 Å². The molecule has 3 nitrogen and oxygen atoms in total. The molecule has 3 aromatic rings. The van der Waals surface area contributed by atoms with Gasteiger partial charge in [-0.05, 0) is 57.9 Å². The van der Waals surface area contributed by atoms with Gasteiger partial charge in [0.15, 0.2) is 0 Å². The third-order valence-electron chi connectivity index (χ3n) is 3.60. The van der Waals surface area contributed by atoms with Crippen molar-refractivity contribution in [3.63, 3.8) is 0 Å². The van der Waals surface area contributed by atoms with Crippen molar-refractivity contribution in [2.45, 2.75) is 6.10 Å². The van der Waals surface area contributed by atoms with Gasteiger partial charge in [0.2, 0.25) is 0 Å². The largest absolute Gasteiger partial charge is 0.384 e. The van der Waals surface area contributed by atoms with Crippen LogP contribution in [0.2, 0.25) is 5.02 Å². The molecule has 0 fully saturated rings. The predicted octanol–water partition coefficient (Wildman–Crippen LogP) is 5.74. The summed E-state index contributed by atoms with van der Waals surface area (Å²) in [5.41, 5.74) is 2.29. The fourth-order valence-corrected chi connectivity index (χ4v) is 3.82. The highest BCUT2D eigenvalue weighted by Crippen LogP contribution is 2.30. The second kappa shape index (κ2) is 8.06. The van der Waals surface area contributed by atoms with E-state index in [-0.39, 0.29) is 5.71 Å². The number of aromatic nitrogens is 1. The van der Waals surface area contributed by atoms with E-state index < -0.39 is 6.10 Å². The van der Waals surface area contributed by atoms with Crippen LogP contribution >= 0.6 is 38.9 Å². The van der Waals surface area contributed by atoms with Gasteiger partial charge in [-0.25, -0.2) is 0 Å². The van der Waals surface area contributed by atoms with Gasteiger partial charge in [-0.3, -0.25) is 10.4 Å². The molecule has 3 rings (SSSR count). The molecule has 0 aliphatic rings. The average molecular weight is 434 g/mol. The minimum Gasteiger partial charge on any atom is -0.384 e. The molecule has 126 valence electrons. The topological polar surface area (TPSA) is 57.0 Å². The van der Waals surface area contributed by atoms with Crippen molar-refractivity contribution in [2.75, 3.05) is 0 Å². The van der Waals surface area contributed by atoms with Crippen LogP contribution in [0, 0.1) is 5.41 Å². The number of nitrogens with zero attached hydrogens (tertiary/aromatic N) is 1. The standard InChI is InChI=1S/C19H14BrClN2OS/c20-17-8-7-16(25-17)18(22)15(10-12-3-5-14(21)6-4-12)19(24)13-2-1-9-23-11-13/h1-11,19,22,24H. The molecule has 0 radical (unpaired) electrons. The van der Waals surface area contributed by atoms with Gasteiger partial charge in [0, 0.05) is 28.6 Å². The lowest BCUT2D eigenvalue weighted by molar-refractivity contribution is 0.222. The molecule has 0 saturated heterocycles. The molecule has 0 amide bonds. The Hall–Kier alpha value is -1.79. The molecule has 0 bridgehead atoms. The number of aliphatic hydroxyl groups is 1. The van der Waals surface area contributed by atoms with Crippen LogP contribution in [-0.2, 0) is 0 Å². The van der Waals surface area contributed by atoms with Crippen LogP contribution in [0.1, 0.15) is 22.1 Å². The Bertz CT molecular complexity index is 907. The summed E-state index contributed by atoms with van der Waals surface area (Å²) in [7, 11) is 0. The minimum atomic E-state index is -0.947. The van der Waals surface area contributed by atoms with E-state index in [0.717, 1.165) is 14.2 Å². The fourth-order valence-electron chi connectivity index (χ4n) is 2.33. The Morgan fingerprint density at radius 2 is 1.96 bits per heavy atom. The fraction of sp³-hybridized carbons (Fsp3) is 0.0526. The number of thiophene rings is 1. The molecule has 25 heavy (non-hydrogen) atoms. The SMILES string of the molecule is N=C(C(=Cc1ccc(Cl)cc1)C(O)c1cccnc1)c1ccc(Br)s1. The van der Waals surface area contributed by atoms with Crippen molar-refractivity contribution in [2.24, 2.45) is 0 Å². The molecule has 2 heterocycles. The number of aliphatic hydroxyl groups excluding tert-OH is 1. The summed E-state index contributed by atoms with van der Waals surface area (Å²) in [5.74, 6) is 0. The van der Waals surface area contributed by atoms with Crippen molar-refractivity contribution in [1.29, 1.82) is 5.41 Å². The number of nitrogens with one attached hydrogen (secondary N) is 1. The van der Waals surface area contributed by atoms with Crippen LogP contribution in [0.5, 0.6) is 0 Å². The normalized spacial score (nSPS) is 12.8. The third-order valence-corrected chi connectivity index (χ3v) is 5.49. The van der Waals surface area contributed by atoms with Crippen molar-refractivity contribution < 1.29 is 5.11 Å². The van der Waals surface area contributed by atoms with E-state index >= 15 is 0 Å². The van der Waals surface area contributed by atoms with Gasteiger partial charge >= 0.3 is 0 Å². The zero-order chi connectivity index (χ0) is 17.8. The number of benzene rings is 1. The number of hydrogen-bond acceptors (Lipinski definition) is 4. The molecular weight excluding hydrogens is 420 g/mol. The van der Waals surface area contributed by atoms with E-state index in [9.17, 15) is 5.11 Å². The Kier molecular flexibility index (Phi) is 5.81. The summed E-state index contributed by atoms with van der Waals surface area (Å²) in [6, 6.07) is 14.6. The van der Waals surface area contributed by atoms with E-state index in [2.05, 4.69) is 20.9 Å². The highest BCUT2D eigenvalue weighted by atomic mass is 79.9. The van der Waals surface area contributed by atoms with Crippen molar-refractivity contribution >= 4 is 50.7 Å². The van der Waals surface area contributed by atoms with Crippen LogP contribution in [0.3, 0.4) is 0 Å². The summed E-state index contributed by atoms with van der Waals surface area (Å²) in [6.45, 7) is 0. The number of pyridine rings is 1. The molecule has 0 aliphatic carbocycles. The Labute approximate surface area is 163 Å². The van der Waals surface area contributed by atoms with Gasteiger partial charge in [-0.1, -0.05) is 29.8 Å². The lowest BCUT2D eigenvalue weighted by Crippen LogP contribution is -2.11. The highest BCUT2D eigenvalue weighted by Gasteiger charge is 2.20. The zero-order valence-electron chi connectivity index (χ0n) is 13.0. The van der Waals surface area contributed by atoms with E-state index in [1.165, 1.54) is 11.3 Å².